The quantitative estimate of drug-likeness (QED) is 0.903. The van der Waals surface area contributed by atoms with Gasteiger partial charge in [-0.15, -0.1) is 0 Å². The van der Waals surface area contributed by atoms with Gasteiger partial charge in [0.1, 0.15) is 5.82 Å². The van der Waals surface area contributed by atoms with Gasteiger partial charge in [-0.2, -0.15) is 0 Å². The molecule has 1 atom stereocenters. The van der Waals surface area contributed by atoms with E-state index in [-0.39, 0.29) is 11.9 Å². The maximum Gasteiger partial charge on any atom is 0.125 e. The number of benzene rings is 2. The lowest BCUT2D eigenvalue weighted by atomic mass is 10.1. The van der Waals surface area contributed by atoms with E-state index in [1.54, 1.807) is 12.1 Å². The maximum absolute atomic E-state index is 13.5. The second kappa shape index (κ2) is 6.27. The normalized spacial score (nSPS) is 15.0. The summed E-state index contributed by atoms with van der Waals surface area (Å²) in [6.07, 6.45) is 1.00. The number of fused-ring (bicyclic) bond motifs is 1. The summed E-state index contributed by atoms with van der Waals surface area (Å²) in [6, 6.07) is 15.9. The SMILES string of the molecule is CCNC(CN1CCc2ccc(F)cc21)c1ccccc1. The molecule has 0 amide bonds. The molecule has 2 aromatic carbocycles. The molecule has 0 saturated carbocycles. The molecule has 1 unspecified atom stereocenters. The highest BCUT2D eigenvalue weighted by Crippen LogP contribution is 2.30. The third-order valence-electron chi connectivity index (χ3n) is 4.09. The van der Waals surface area contributed by atoms with Crippen molar-refractivity contribution in [1.82, 2.24) is 5.32 Å². The Bertz CT molecular complexity index is 597. The fourth-order valence-electron chi connectivity index (χ4n) is 3.05. The molecular formula is C18H21FN2. The number of nitrogens with zero attached hydrogens (tertiary/aromatic N) is 1. The predicted octanol–water partition coefficient (Wildman–Crippen LogP) is 3.54. The van der Waals surface area contributed by atoms with Crippen molar-refractivity contribution in [3.05, 3.63) is 65.5 Å². The zero-order valence-electron chi connectivity index (χ0n) is 12.3. The molecule has 2 nitrogen and oxygen atoms in total. The van der Waals surface area contributed by atoms with E-state index in [1.165, 1.54) is 11.1 Å². The third kappa shape index (κ3) is 3.08. The molecular weight excluding hydrogens is 263 g/mol. The van der Waals surface area contributed by atoms with E-state index in [0.717, 1.165) is 31.7 Å². The summed E-state index contributed by atoms with van der Waals surface area (Å²) >= 11 is 0. The van der Waals surface area contributed by atoms with E-state index in [0.29, 0.717) is 0 Å². The van der Waals surface area contributed by atoms with E-state index in [9.17, 15) is 4.39 Å². The van der Waals surface area contributed by atoms with Crippen LogP contribution in [0.2, 0.25) is 0 Å². The van der Waals surface area contributed by atoms with Crippen molar-refractivity contribution < 1.29 is 4.39 Å². The number of halogens is 1. The highest BCUT2D eigenvalue weighted by Gasteiger charge is 2.23. The number of hydrogen-bond acceptors (Lipinski definition) is 2. The van der Waals surface area contributed by atoms with E-state index in [4.69, 9.17) is 0 Å². The molecule has 0 aromatic heterocycles. The lowest BCUT2D eigenvalue weighted by Gasteiger charge is -2.27. The monoisotopic (exact) mass is 284 g/mol. The van der Waals surface area contributed by atoms with Gasteiger partial charge < -0.3 is 10.2 Å². The van der Waals surface area contributed by atoms with Crippen molar-refractivity contribution >= 4 is 5.69 Å². The standard InChI is InChI=1S/C18H21FN2/c1-2-20-17(14-6-4-3-5-7-14)13-21-11-10-15-8-9-16(19)12-18(15)21/h3-9,12,17,20H,2,10-11,13H2,1H3. The van der Waals surface area contributed by atoms with Crippen molar-refractivity contribution in [2.24, 2.45) is 0 Å². The van der Waals surface area contributed by atoms with Crippen LogP contribution >= 0.6 is 0 Å². The van der Waals surface area contributed by atoms with Crippen molar-refractivity contribution in [2.45, 2.75) is 19.4 Å². The molecule has 21 heavy (non-hydrogen) atoms. The Hall–Kier alpha value is -1.87. The molecule has 1 aliphatic rings. The molecule has 3 rings (SSSR count). The lowest BCUT2D eigenvalue weighted by molar-refractivity contribution is 0.542. The molecule has 1 heterocycles. The first-order valence-electron chi connectivity index (χ1n) is 7.59. The van der Waals surface area contributed by atoms with Crippen LogP contribution in [0.3, 0.4) is 0 Å². The van der Waals surface area contributed by atoms with Gasteiger partial charge in [0.2, 0.25) is 0 Å². The summed E-state index contributed by atoms with van der Waals surface area (Å²) in [5.74, 6) is -0.152. The first-order valence-corrected chi connectivity index (χ1v) is 7.59. The Labute approximate surface area is 125 Å². The highest BCUT2D eigenvalue weighted by molar-refractivity contribution is 5.58. The minimum absolute atomic E-state index is 0.152. The Balaban J connectivity index is 1.81. The second-order valence-corrected chi connectivity index (χ2v) is 5.49. The minimum atomic E-state index is -0.152. The molecule has 0 aliphatic carbocycles. The van der Waals surface area contributed by atoms with Gasteiger partial charge in [-0.25, -0.2) is 4.39 Å². The lowest BCUT2D eigenvalue weighted by Crippen LogP contribution is -2.34. The van der Waals surface area contributed by atoms with Crippen LogP contribution in [-0.2, 0) is 6.42 Å². The minimum Gasteiger partial charge on any atom is -0.369 e. The molecule has 1 N–H and O–H groups in total. The summed E-state index contributed by atoms with van der Waals surface area (Å²) < 4.78 is 13.5. The van der Waals surface area contributed by atoms with E-state index in [2.05, 4.69) is 41.4 Å². The smallest absolute Gasteiger partial charge is 0.125 e. The second-order valence-electron chi connectivity index (χ2n) is 5.49. The predicted molar refractivity (Wildman–Crippen MR) is 85.2 cm³/mol. The van der Waals surface area contributed by atoms with Gasteiger partial charge in [0.25, 0.3) is 0 Å². The van der Waals surface area contributed by atoms with Gasteiger partial charge in [-0.3, -0.25) is 0 Å². The molecule has 0 spiro atoms. The Morgan fingerprint density at radius 1 is 1.19 bits per heavy atom. The molecule has 110 valence electrons. The Kier molecular flexibility index (Phi) is 4.20. The van der Waals surface area contributed by atoms with Crippen LogP contribution in [0.15, 0.2) is 48.5 Å². The highest BCUT2D eigenvalue weighted by atomic mass is 19.1. The molecule has 0 fully saturated rings. The van der Waals surface area contributed by atoms with Crippen molar-refractivity contribution in [2.75, 3.05) is 24.5 Å². The molecule has 2 aromatic rings. The molecule has 0 saturated heterocycles. The number of nitrogens with one attached hydrogen (secondary N) is 1. The summed E-state index contributed by atoms with van der Waals surface area (Å²) in [5, 5.41) is 3.54. The van der Waals surface area contributed by atoms with Gasteiger partial charge >= 0.3 is 0 Å². The largest absolute Gasteiger partial charge is 0.369 e. The average molecular weight is 284 g/mol. The number of hydrogen-bond donors (Lipinski definition) is 1. The van der Waals surface area contributed by atoms with Crippen LogP contribution in [-0.4, -0.2) is 19.6 Å². The fourth-order valence-corrected chi connectivity index (χ4v) is 3.05. The van der Waals surface area contributed by atoms with Crippen molar-refractivity contribution in [3.8, 4) is 0 Å². The fraction of sp³-hybridized carbons (Fsp3) is 0.333. The van der Waals surface area contributed by atoms with Crippen molar-refractivity contribution in [1.29, 1.82) is 0 Å². The summed E-state index contributed by atoms with van der Waals surface area (Å²) in [6.45, 7) is 4.87. The van der Waals surface area contributed by atoms with Crippen LogP contribution in [0.1, 0.15) is 24.1 Å². The van der Waals surface area contributed by atoms with Crippen LogP contribution in [0.5, 0.6) is 0 Å². The van der Waals surface area contributed by atoms with E-state index >= 15 is 0 Å². The summed E-state index contributed by atoms with van der Waals surface area (Å²) in [4.78, 5) is 2.29. The van der Waals surface area contributed by atoms with Crippen LogP contribution < -0.4 is 10.2 Å². The summed E-state index contributed by atoms with van der Waals surface area (Å²) in [7, 11) is 0. The van der Waals surface area contributed by atoms with Crippen LogP contribution in [0, 0.1) is 5.82 Å². The van der Waals surface area contributed by atoms with E-state index in [1.807, 2.05) is 12.1 Å². The number of likely N-dealkylation sites (N-methyl/N-ethyl adjacent to an activating group) is 1. The van der Waals surface area contributed by atoms with Crippen LogP contribution in [0.4, 0.5) is 10.1 Å². The van der Waals surface area contributed by atoms with Gasteiger partial charge in [-0.1, -0.05) is 43.3 Å². The summed E-state index contributed by atoms with van der Waals surface area (Å²) in [5.41, 5.74) is 3.58. The molecule has 0 radical (unpaired) electrons. The topological polar surface area (TPSA) is 15.3 Å². The maximum atomic E-state index is 13.5. The van der Waals surface area contributed by atoms with Gasteiger partial charge in [0.05, 0.1) is 0 Å². The van der Waals surface area contributed by atoms with Gasteiger partial charge in [0.15, 0.2) is 0 Å². The molecule has 1 aliphatic heterocycles. The third-order valence-corrected chi connectivity index (χ3v) is 4.09. The Morgan fingerprint density at radius 3 is 2.76 bits per heavy atom. The molecule has 3 heteroatoms. The Morgan fingerprint density at radius 2 is 2.00 bits per heavy atom. The average Bonchev–Trinajstić information content (AvgIpc) is 2.90. The zero-order valence-corrected chi connectivity index (χ0v) is 12.3. The van der Waals surface area contributed by atoms with E-state index < -0.39 is 0 Å². The molecule has 0 bridgehead atoms. The zero-order chi connectivity index (χ0) is 14.7. The van der Waals surface area contributed by atoms with Gasteiger partial charge in [-0.05, 0) is 36.2 Å². The van der Waals surface area contributed by atoms with Crippen LogP contribution in [0.25, 0.3) is 0 Å². The van der Waals surface area contributed by atoms with Gasteiger partial charge in [0, 0.05) is 24.8 Å². The number of rotatable bonds is 5. The number of anilines is 1. The first-order chi connectivity index (χ1) is 10.3. The van der Waals surface area contributed by atoms with Crippen molar-refractivity contribution in [3.63, 3.8) is 0 Å². The first kappa shape index (κ1) is 14.1.